The van der Waals surface area contributed by atoms with E-state index in [4.69, 9.17) is 14.3 Å². The highest BCUT2D eigenvalue weighted by atomic mass is 32.1. The molecule has 3 amide bonds. The van der Waals surface area contributed by atoms with Crippen molar-refractivity contribution in [2.45, 2.75) is 33.0 Å². The summed E-state index contributed by atoms with van der Waals surface area (Å²) in [6.45, 7) is 4.83. The topological polar surface area (TPSA) is 178 Å². The number of carbonyl (C=O) groups excluding carboxylic acids is 3. The van der Waals surface area contributed by atoms with Crippen LogP contribution in [0.2, 0.25) is 0 Å². The standard InChI is InChI=1S/C22H27N5O8S/c1-22(2,3)35-21(32)26-19-25-15(13-36-19)17(18(29)30)27-34-12-16(28)23-9-10-24-20(31)33-11-14-7-5-4-6-8-14/h4-8,13H,9-12H2,1-3H3,(H,23,28)(H,24,31)(H,29,30)(H,25,26,32)/b27-17-. The number of thiazole rings is 1. The normalized spacial score (nSPS) is 11.2. The van der Waals surface area contributed by atoms with Crippen LogP contribution in [0.1, 0.15) is 32.0 Å². The van der Waals surface area contributed by atoms with Crippen LogP contribution in [0.25, 0.3) is 0 Å². The van der Waals surface area contributed by atoms with Gasteiger partial charge in [-0.1, -0.05) is 35.5 Å². The zero-order valence-corrected chi connectivity index (χ0v) is 20.7. The Balaban J connectivity index is 1.72. The van der Waals surface area contributed by atoms with E-state index in [1.54, 1.807) is 20.8 Å². The van der Waals surface area contributed by atoms with Gasteiger partial charge in [0.25, 0.3) is 5.91 Å². The predicted molar refractivity (Wildman–Crippen MR) is 130 cm³/mol. The summed E-state index contributed by atoms with van der Waals surface area (Å²) in [5.41, 5.74) is -0.502. The van der Waals surface area contributed by atoms with Crippen LogP contribution in [0.5, 0.6) is 0 Å². The molecule has 0 radical (unpaired) electrons. The third-order valence-corrected chi connectivity index (χ3v) is 4.60. The molecular weight excluding hydrogens is 494 g/mol. The second-order valence-electron chi connectivity index (χ2n) is 8.02. The van der Waals surface area contributed by atoms with Gasteiger partial charge in [-0.15, -0.1) is 11.3 Å². The van der Waals surface area contributed by atoms with Crippen LogP contribution in [0.3, 0.4) is 0 Å². The van der Waals surface area contributed by atoms with Crippen molar-refractivity contribution in [2.75, 3.05) is 25.0 Å². The number of amides is 3. The van der Waals surface area contributed by atoms with Gasteiger partial charge in [0, 0.05) is 18.5 Å². The third kappa shape index (κ3) is 10.8. The lowest BCUT2D eigenvalue weighted by atomic mass is 10.2. The fraction of sp³-hybridized carbons (Fsp3) is 0.364. The molecule has 1 heterocycles. The van der Waals surface area contributed by atoms with Gasteiger partial charge in [0.1, 0.15) is 17.9 Å². The minimum absolute atomic E-state index is 0.0721. The van der Waals surface area contributed by atoms with E-state index in [9.17, 15) is 24.3 Å². The van der Waals surface area contributed by atoms with Crippen molar-refractivity contribution in [1.29, 1.82) is 0 Å². The van der Waals surface area contributed by atoms with Gasteiger partial charge in [-0.3, -0.25) is 10.1 Å². The molecule has 2 rings (SSSR count). The van der Waals surface area contributed by atoms with Gasteiger partial charge in [-0.25, -0.2) is 19.4 Å². The Morgan fingerprint density at radius 1 is 1.06 bits per heavy atom. The molecule has 2 aromatic rings. The summed E-state index contributed by atoms with van der Waals surface area (Å²) >= 11 is 0.961. The van der Waals surface area contributed by atoms with Crippen molar-refractivity contribution in [3.63, 3.8) is 0 Å². The SMILES string of the molecule is CC(C)(C)OC(=O)Nc1nc(/C(=N/OCC(=O)NCCNC(=O)OCc2ccccc2)C(=O)O)cs1. The number of carbonyl (C=O) groups is 4. The van der Waals surface area contributed by atoms with E-state index in [2.05, 4.69) is 26.1 Å². The second kappa shape index (κ2) is 13.6. The summed E-state index contributed by atoms with van der Waals surface area (Å²) in [5, 5.41) is 21.6. The maximum atomic E-state index is 11.9. The van der Waals surface area contributed by atoms with Crippen molar-refractivity contribution in [1.82, 2.24) is 15.6 Å². The molecular formula is C22H27N5O8S. The fourth-order valence-corrected chi connectivity index (χ4v) is 3.05. The van der Waals surface area contributed by atoms with Gasteiger partial charge < -0.3 is 30.1 Å². The molecule has 0 aliphatic rings. The van der Waals surface area contributed by atoms with Gasteiger partial charge in [0.15, 0.2) is 11.7 Å². The molecule has 1 aromatic carbocycles. The second-order valence-corrected chi connectivity index (χ2v) is 8.88. The smallest absolute Gasteiger partial charge is 0.413 e. The largest absolute Gasteiger partial charge is 0.476 e. The molecule has 0 atom stereocenters. The Kier molecular flexibility index (Phi) is 10.6. The molecule has 0 fully saturated rings. The molecule has 36 heavy (non-hydrogen) atoms. The number of ether oxygens (including phenoxy) is 2. The number of carboxylic acid groups (broad SMARTS) is 1. The molecule has 0 aliphatic carbocycles. The lowest BCUT2D eigenvalue weighted by molar-refractivity contribution is -0.130. The van der Waals surface area contributed by atoms with E-state index >= 15 is 0 Å². The van der Waals surface area contributed by atoms with E-state index in [0.29, 0.717) is 0 Å². The first-order valence-electron chi connectivity index (χ1n) is 10.6. The number of hydrogen-bond acceptors (Lipinski definition) is 10. The predicted octanol–water partition coefficient (Wildman–Crippen LogP) is 2.34. The number of carboxylic acids is 1. The van der Waals surface area contributed by atoms with Crippen LogP contribution in [0, 0.1) is 0 Å². The van der Waals surface area contributed by atoms with Gasteiger partial charge >= 0.3 is 18.2 Å². The van der Waals surface area contributed by atoms with Crippen molar-refractivity contribution >= 4 is 46.2 Å². The number of rotatable bonds is 11. The van der Waals surface area contributed by atoms with Gasteiger partial charge in [-0.05, 0) is 26.3 Å². The Morgan fingerprint density at radius 2 is 1.75 bits per heavy atom. The maximum absolute atomic E-state index is 11.9. The molecule has 14 heteroatoms. The molecule has 13 nitrogen and oxygen atoms in total. The molecule has 0 unspecified atom stereocenters. The lowest BCUT2D eigenvalue weighted by Gasteiger charge is -2.18. The monoisotopic (exact) mass is 521 g/mol. The highest BCUT2D eigenvalue weighted by Gasteiger charge is 2.21. The van der Waals surface area contributed by atoms with Crippen LogP contribution >= 0.6 is 11.3 Å². The van der Waals surface area contributed by atoms with Crippen LogP contribution in [0.4, 0.5) is 14.7 Å². The van der Waals surface area contributed by atoms with E-state index in [1.807, 2.05) is 30.3 Å². The molecule has 0 aliphatic heterocycles. The minimum Gasteiger partial charge on any atom is -0.476 e. The Morgan fingerprint density at radius 3 is 2.42 bits per heavy atom. The number of nitrogens with one attached hydrogen (secondary N) is 3. The summed E-state index contributed by atoms with van der Waals surface area (Å²) in [6, 6.07) is 9.15. The molecule has 0 bridgehead atoms. The van der Waals surface area contributed by atoms with E-state index in [0.717, 1.165) is 16.9 Å². The number of benzene rings is 1. The van der Waals surface area contributed by atoms with E-state index in [-0.39, 0.29) is 30.5 Å². The average molecular weight is 522 g/mol. The molecule has 0 spiro atoms. The molecule has 0 saturated carbocycles. The van der Waals surface area contributed by atoms with Crippen molar-refractivity contribution in [3.8, 4) is 0 Å². The summed E-state index contributed by atoms with van der Waals surface area (Å²) in [6.07, 6.45) is -1.38. The van der Waals surface area contributed by atoms with E-state index in [1.165, 1.54) is 5.38 Å². The number of aliphatic carboxylic acids is 1. The molecule has 4 N–H and O–H groups in total. The van der Waals surface area contributed by atoms with Crippen LogP contribution < -0.4 is 16.0 Å². The maximum Gasteiger partial charge on any atom is 0.413 e. The van der Waals surface area contributed by atoms with Gasteiger partial charge in [-0.2, -0.15) is 0 Å². The van der Waals surface area contributed by atoms with Gasteiger partial charge in [0.2, 0.25) is 5.71 Å². The Labute approximate surface area is 210 Å². The van der Waals surface area contributed by atoms with Crippen molar-refractivity contribution in [3.05, 3.63) is 47.0 Å². The highest BCUT2D eigenvalue weighted by Crippen LogP contribution is 2.18. The fourth-order valence-electron chi connectivity index (χ4n) is 2.37. The number of alkyl carbamates (subject to hydrolysis) is 1. The summed E-state index contributed by atoms with van der Waals surface area (Å²) in [7, 11) is 0. The zero-order valence-electron chi connectivity index (χ0n) is 19.9. The Bertz CT molecular complexity index is 1080. The highest BCUT2D eigenvalue weighted by molar-refractivity contribution is 7.14. The first-order valence-corrected chi connectivity index (χ1v) is 11.5. The summed E-state index contributed by atoms with van der Waals surface area (Å²) < 4.78 is 10.1. The van der Waals surface area contributed by atoms with Crippen LogP contribution in [-0.2, 0) is 30.5 Å². The molecule has 0 saturated heterocycles. The lowest BCUT2D eigenvalue weighted by Crippen LogP contribution is -2.36. The zero-order chi connectivity index (χ0) is 26.6. The van der Waals surface area contributed by atoms with E-state index < -0.39 is 42.0 Å². The summed E-state index contributed by atoms with van der Waals surface area (Å²) in [4.78, 5) is 55.6. The number of oxime groups is 1. The van der Waals surface area contributed by atoms with Crippen LogP contribution in [-0.4, -0.2) is 65.2 Å². The van der Waals surface area contributed by atoms with Crippen LogP contribution in [0.15, 0.2) is 40.9 Å². The first-order chi connectivity index (χ1) is 17.0. The average Bonchev–Trinajstić information content (AvgIpc) is 3.25. The number of anilines is 1. The molecule has 1 aromatic heterocycles. The van der Waals surface area contributed by atoms with Gasteiger partial charge in [0.05, 0.1) is 0 Å². The number of nitrogens with zero attached hydrogens (tertiary/aromatic N) is 2. The third-order valence-electron chi connectivity index (χ3n) is 3.84. The number of aromatic nitrogens is 1. The minimum atomic E-state index is -1.44. The number of hydrogen-bond donors (Lipinski definition) is 4. The Hall–Kier alpha value is -4.20. The molecule has 194 valence electrons. The quantitative estimate of drug-likeness (QED) is 0.196. The first kappa shape index (κ1) is 28.0. The van der Waals surface area contributed by atoms with Crippen molar-refractivity contribution < 1.29 is 38.6 Å². The summed E-state index contributed by atoms with van der Waals surface area (Å²) in [5.74, 6) is -2.03. The van der Waals surface area contributed by atoms with Crippen molar-refractivity contribution in [2.24, 2.45) is 5.16 Å².